The maximum Gasteiger partial charge on any atom is 0.269 e. The predicted molar refractivity (Wildman–Crippen MR) is 95.0 cm³/mol. The Morgan fingerprint density at radius 3 is 2.43 bits per heavy atom. The second-order valence-electron chi connectivity index (χ2n) is 5.13. The number of rotatable bonds is 7. The van der Waals surface area contributed by atoms with E-state index in [2.05, 4.69) is 18.7 Å². The first kappa shape index (κ1) is 19.7. The molecule has 1 amide bonds. The molecule has 0 aromatic heterocycles. The number of thioether (sulfide) groups is 1. The standard InChI is InChI=1S/C15H21N3O3S.ClH/c1-3-16(4-2)9-10-17-14(19)11-22-15(17)12-5-7-13(8-6-12)18(20)21;/h5-8,15H,3-4,9-11H2,1-2H3;1H. The Kier molecular flexibility index (Phi) is 7.81. The zero-order valence-electron chi connectivity index (χ0n) is 13.3. The van der Waals surface area contributed by atoms with Crippen LogP contribution in [0.15, 0.2) is 24.3 Å². The van der Waals surface area contributed by atoms with Crippen LogP contribution in [0.25, 0.3) is 0 Å². The molecule has 0 radical (unpaired) electrons. The van der Waals surface area contributed by atoms with E-state index in [4.69, 9.17) is 0 Å². The lowest BCUT2D eigenvalue weighted by atomic mass is 10.2. The Morgan fingerprint density at radius 2 is 1.91 bits per heavy atom. The van der Waals surface area contributed by atoms with Crippen LogP contribution in [0.2, 0.25) is 0 Å². The predicted octanol–water partition coefficient (Wildman–Crippen LogP) is 2.93. The van der Waals surface area contributed by atoms with Crippen molar-refractivity contribution in [2.45, 2.75) is 19.2 Å². The van der Waals surface area contributed by atoms with Crippen molar-refractivity contribution < 1.29 is 9.72 Å². The number of hydrogen-bond acceptors (Lipinski definition) is 5. The number of amides is 1. The minimum atomic E-state index is -0.408. The Balaban J connectivity index is 0.00000264. The summed E-state index contributed by atoms with van der Waals surface area (Å²) in [5.41, 5.74) is 1.02. The van der Waals surface area contributed by atoms with Crippen LogP contribution in [0.5, 0.6) is 0 Å². The maximum absolute atomic E-state index is 12.1. The number of carbonyl (C=O) groups is 1. The van der Waals surface area contributed by atoms with Crippen LogP contribution in [-0.2, 0) is 4.79 Å². The molecule has 1 unspecified atom stereocenters. The number of benzene rings is 1. The number of non-ortho nitro benzene ring substituents is 1. The number of nitro benzene ring substituents is 1. The van der Waals surface area contributed by atoms with Gasteiger partial charge in [-0.1, -0.05) is 13.8 Å². The monoisotopic (exact) mass is 359 g/mol. The number of likely N-dealkylation sites (N-methyl/N-ethyl adjacent to an activating group) is 1. The number of carbonyl (C=O) groups excluding carboxylic acids is 1. The first-order chi connectivity index (χ1) is 10.6. The fraction of sp³-hybridized carbons (Fsp3) is 0.533. The van der Waals surface area contributed by atoms with Crippen LogP contribution in [0.1, 0.15) is 24.8 Å². The van der Waals surface area contributed by atoms with Gasteiger partial charge in [-0.25, -0.2) is 0 Å². The summed E-state index contributed by atoms with van der Waals surface area (Å²) < 4.78 is 0. The SMILES string of the molecule is CCN(CC)CCN1C(=O)CSC1c1ccc([N+](=O)[O-])cc1.Cl. The molecule has 1 aromatic carbocycles. The molecule has 0 bridgehead atoms. The van der Waals surface area contributed by atoms with Gasteiger partial charge in [-0.05, 0) is 30.8 Å². The van der Waals surface area contributed by atoms with Crippen molar-refractivity contribution in [3.63, 3.8) is 0 Å². The molecule has 0 aliphatic carbocycles. The second kappa shape index (κ2) is 9.10. The molecule has 2 rings (SSSR count). The lowest BCUT2D eigenvalue weighted by molar-refractivity contribution is -0.384. The van der Waals surface area contributed by atoms with Crippen LogP contribution in [0, 0.1) is 10.1 Å². The number of nitro groups is 1. The molecular formula is C15H22ClN3O3S. The van der Waals surface area contributed by atoms with E-state index in [0.29, 0.717) is 12.3 Å². The highest BCUT2D eigenvalue weighted by Crippen LogP contribution is 2.38. The fourth-order valence-corrected chi connectivity index (χ4v) is 3.74. The summed E-state index contributed by atoms with van der Waals surface area (Å²) in [6.07, 6.45) is 0. The van der Waals surface area contributed by atoms with Crippen LogP contribution < -0.4 is 0 Å². The average Bonchev–Trinajstić information content (AvgIpc) is 2.89. The zero-order valence-corrected chi connectivity index (χ0v) is 14.9. The van der Waals surface area contributed by atoms with Crippen LogP contribution in [-0.4, -0.2) is 52.6 Å². The van der Waals surface area contributed by atoms with Gasteiger partial charge in [-0.2, -0.15) is 0 Å². The molecule has 1 heterocycles. The largest absolute Gasteiger partial charge is 0.325 e. The molecule has 0 saturated carbocycles. The number of nitrogens with zero attached hydrogens (tertiary/aromatic N) is 3. The molecule has 1 aliphatic heterocycles. The van der Waals surface area contributed by atoms with Gasteiger partial charge in [-0.15, -0.1) is 24.2 Å². The average molecular weight is 360 g/mol. The quantitative estimate of drug-likeness (QED) is 0.553. The summed E-state index contributed by atoms with van der Waals surface area (Å²) in [7, 11) is 0. The van der Waals surface area contributed by atoms with Gasteiger partial charge in [0.25, 0.3) is 5.69 Å². The van der Waals surface area contributed by atoms with E-state index in [-0.39, 0.29) is 29.4 Å². The lowest BCUT2D eigenvalue weighted by Crippen LogP contribution is -2.37. The van der Waals surface area contributed by atoms with Crippen LogP contribution in [0.3, 0.4) is 0 Å². The van der Waals surface area contributed by atoms with E-state index in [9.17, 15) is 14.9 Å². The fourth-order valence-electron chi connectivity index (χ4n) is 2.52. The third-order valence-electron chi connectivity index (χ3n) is 3.91. The van der Waals surface area contributed by atoms with Crippen LogP contribution >= 0.6 is 24.2 Å². The first-order valence-electron chi connectivity index (χ1n) is 7.44. The highest BCUT2D eigenvalue weighted by molar-refractivity contribution is 8.00. The van der Waals surface area contributed by atoms with E-state index in [1.54, 1.807) is 23.9 Å². The Hall–Kier alpha value is -1.31. The maximum atomic E-state index is 12.1. The van der Waals surface area contributed by atoms with Gasteiger partial charge in [-0.3, -0.25) is 14.9 Å². The minimum absolute atomic E-state index is 0. The Bertz CT molecular complexity index is 537. The normalized spacial score (nSPS) is 17.4. The molecule has 1 fully saturated rings. The van der Waals surface area contributed by atoms with Crippen molar-refractivity contribution in [3.05, 3.63) is 39.9 Å². The van der Waals surface area contributed by atoms with Crippen LogP contribution in [0.4, 0.5) is 5.69 Å². The highest BCUT2D eigenvalue weighted by atomic mass is 35.5. The van der Waals surface area contributed by atoms with Gasteiger partial charge < -0.3 is 9.80 Å². The topological polar surface area (TPSA) is 66.7 Å². The van der Waals surface area contributed by atoms with Crippen molar-refractivity contribution >= 4 is 35.8 Å². The van der Waals surface area contributed by atoms with Gasteiger partial charge >= 0.3 is 0 Å². The van der Waals surface area contributed by atoms with Gasteiger partial charge in [0.1, 0.15) is 5.37 Å². The molecule has 8 heteroatoms. The summed E-state index contributed by atoms with van der Waals surface area (Å²) in [5, 5.41) is 10.7. The van der Waals surface area contributed by atoms with E-state index in [0.717, 1.165) is 25.2 Å². The van der Waals surface area contributed by atoms with Crippen molar-refractivity contribution in [1.82, 2.24) is 9.80 Å². The molecule has 1 aliphatic rings. The molecule has 1 aromatic rings. The Labute approximate surface area is 146 Å². The van der Waals surface area contributed by atoms with E-state index in [1.807, 2.05) is 4.90 Å². The number of hydrogen-bond donors (Lipinski definition) is 0. The molecule has 0 spiro atoms. The molecule has 6 nitrogen and oxygen atoms in total. The highest BCUT2D eigenvalue weighted by Gasteiger charge is 2.32. The third-order valence-corrected chi connectivity index (χ3v) is 5.16. The summed E-state index contributed by atoms with van der Waals surface area (Å²) >= 11 is 1.58. The molecule has 128 valence electrons. The summed E-state index contributed by atoms with van der Waals surface area (Å²) in [4.78, 5) is 26.6. The van der Waals surface area contributed by atoms with E-state index in [1.165, 1.54) is 12.1 Å². The Morgan fingerprint density at radius 1 is 1.30 bits per heavy atom. The minimum Gasteiger partial charge on any atom is -0.325 e. The lowest BCUT2D eigenvalue weighted by Gasteiger charge is -2.27. The molecule has 0 N–H and O–H groups in total. The second-order valence-corrected chi connectivity index (χ2v) is 6.19. The number of halogens is 1. The van der Waals surface area contributed by atoms with E-state index >= 15 is 0 Å². The zero-order chi connectivity index (χ0) is 16.1. The van der Waals surface area contributed by atoms with Gasteiger partial charge in [0.15, 0.2) is 0 Å². The summed E-state index contributed by atoms with van der Waals surface area (Å²) in [6, 6.07) is 6.50. The van der Waals surface area contributed by atoms with E-state index < -0.39 is 4.92 Å². The van der Waals surface area contributed by atoms with Crippen molar-refractivity contribution in [2.75, 3.05) is 31.9 Å². The van der Waals surface area contributed by atoms with Crippen molar-refractivity contribution in [2.24, 2.45) is 0 Å². The third kappa shape index (κ3) is 4.83. The van der Waals surface area contributed by atoms with Crippen molar-refractivity contribution in [1.29, 1.82) is 0 Å². The molecule has 1 saturated heterocycles. The van der Waals surface area contributed by atoms with Gasteiger partial charge in [0, 0.05) is 25.2 Å². The molecule has 1 atom stereocenters. The molecule has 23 heavy (non-hydrogen) atoms. The summed E-state index contributed by atoms with van der Waals surface area (Å²) in [6.45, 7) is 7.69. The smallest absolute Gasteiger partial charge is 0.269 e. The van der Waals surface area contributed by atoms with Gasteiger partial charge in [0.05, 0.1) is 10.7 Å². The van der Waals surface area contributed by atoms with Gasteiger partial charge in [0.2, 0.25) is 5.91 Å². The summed E-state index contributed by atoms with van der Waals surface area (Å²) in [5.74, 6) is 0.611. The first-order valence-corrected chi connectivity index (χ1v) is 8.49. The van der Waals surface area contributed by atoms with Crippen molar-refractivity contribution in [3.8, 4) is 0 Å². The molecular weight excluding hydrogens is 338 g/mol.